The number of thiocarbonyl (C=S) groups is 1. The topological polar surface area (TPSA) is 83.8 Å². The van der Waals surface area contributed by atoms with Crippen LogP contribution >= 0.6 is 12.2 Å². The maximum atomic E-state index is 12.1. The molecule has 0 fully saturated rings. The summed E-state index contributed by atoms with van der Waals surface area (Å²) in [7, 11) is 0. The largest absolute Gasteiger partial charge is 0.465 e. The van der Waals surface area contributed by atoms with Crippen molar-refractivity contribution >= 4 is 41.0 Å². The van der Waals surface area contributed by atoms with Gasteiger partial charge in [-0.2, -0.15) is 0 Å². The number of carbonyl (C=O) groups excluding carboxylic acids is 2. The molecule has 2 rings (SSSR count). The number of likely N-dealkylation sites (N-methyl/N-ethyl adjacent to an activating group) is 1. The normalized spacial score (nSPS) is 10.9. The minimum Gasteiger partial charge on any atom is -0.465 e. The number of esters is 1. The minimum absolute atomic E-state index is 0.147. The average molecular weight is 416 g/mol. The van der Waals surface area contributed by atoms with E-state index in [1.54, 1.807) is 42.5 Å². The first-order chi connectivity index (χ1) is 14.0. The van der Waals surface area contributed by atoms with Crippen LogP contribution < -0.4 is 10.6 Å². The van der Waals surface area contributed by atoms with Gasteiger partial charge in [-0.15, -0.1) is 0 Å². The maximum absolute atomic E-state index is 12.1. The number of ether oxygens (including phenoxy) is 1. The van der Waals surface area contributed by atoms with E-state index in [1.165, 1.54) is 12.3 Å². The zero-order valence-electron chi connectivity index (χ0n) is 16.5. The van der Waals surface area contributed by atoms with Gasteiger partial charge in [0.1, 0.15) is 12.4 Å². The average Bonchev–Trinajstić information content (AvgIpc) is 3.23. The van der Waals surface area contributed by atoms with E-state index >= 15 is 0 Å². The summed E-state index contributed by atoms with van der Waals surface area (Å²) in [6, 6.07) is 10.1. The zero-order chi connectivity index (χ0) is 21.1. The summed E-state index contributed by atoms with van der Waals surface area (Å²) in [5.41, 5.74) is 1.09. The second-order valence-corrected chi connectivity index (χ2v) is 6.44. The number of nitrogens with one attached hydrogen (secondary N) is 2. The summed E-state index contributed by atoms with van der Waals surface area (Å²) in [4.78, 5) is 26.1. The van der Waals surface area contributed by atoms with E-state index in [0.717, 1.165) is 13.1 Å². The number of carbonyl (C=O) groups is 2. The first-order valence-corrected chi connectivity index (χ1v) is 9.75. The van der Waals surface area contributed by atoms with Crippen molar-refractivity contribution in [1.29, 1.82) is 0 Å². The van der Waals surface area contributed by atoms with E-state index in [4.69, 9.17) is 21.4 Å². The van der Waals surface area contributed by atoms with Crippen molar-refractivity contribution in [3.63, 3.8) is 0 Å². The van der Waals surface area contributed by atoms with E-state index in [1.807, 2.05) is 0 Å². The van der Waals surface area contributed by atoms with Crippen LogP contribution in [0.4, 0.5) is 5.69 Å². The Labute approximate surface area is 175 Å². The van der Waals surface area contributed by atoms with Gasteiger partial charge in [-0.3, -0.25) is 10.1 Å². The highest BCUT2D eigenvalue weighted by molar-refractivity contribution is 7.80. The standard InChI is InChI=1S/C21H25N3O4S/c1-3-24(4-2)13-15-28-20(26)16-7-9-17(10-8-16)22-21(29)23-19(25)12-11-18-6-5-14-27-18/h5-12,14H,3-4,13,15H2,1-2H3,(H2,22,23,25,29). The molecule has 29 heavy (non-hydrogen) atoms. The molecule has 7 nitrogen and oxygen atoms in total. The second kappa shape index (κ2) is 11.8. The maximum Gasteiger partial charge on any atom is 0.338 e. The Morgan fingerprint density at radius 2 is 1.90 bits per heavy atom. The van der Waals surface area contributed by atoms with Crippen LogP contribution in [0.5, 0.6) is 0 Å². The van der Waals surface area contributed by atoms with Gasteiger partial charge in [0.15, 0.2) is 5.11 Å². The van der Waals surface area contributed by atoms with Gasteiger partial charge in [0.2, 0.25) is 5.91 Å². The number of hydrogen-bond donors (Lipinski definition) is 2. The molecule has 0 aliphatic carbocycles. The molecule has 0 bridgehead atoms. The summed E-state index contributed by atoms with van der Waals surface area (Å²) in [6.45, 7) is 7.04. The Balaban J connectivity index is 1.78. The summed E-state index contributed by atoms with van der Waals surface area (Å²) in [5, 5.41) is 5.57. The number of hydrogen-bond acceptors (Lipinski definition) is 6. The van der Waals surface area contributed by atoms with Gasteiger partial charge in [0.25, 0.3) is 0 Å². The zero-order valence-corrected chi connectivity index (χ0v) is 17.3. The quantitative estimate of drug-likeness (QED) is 0.369. The van der Waals surface area contributed by atoms with E-state index in [2.05, 4.69) is 29.4 Å². The van der Waals surface area contributed by atoms with Crippen molar-refractivity contribution < 1.29 is 18.7 Å². The highest BCUT2D eigenvalue weighted by atomic mass is 32.1. The molecule has 0 aliphatic heterocycles. The van der Waals surface area contributed by atoms with Gasteiger partial charge in [0, 0.05) is 18.3 Å². The van der Waals surface area contributed by atoms with Crippen LogP contribution in [0, 0.1) is 0 Å². The fourth-order valence-corrected chi connectivity index (χ4v) is 2.66. The van der Waals surface area contributed by atoms with Gasteiger partial charge in [-0.25, -0.2) is 4.79 Å². The van der Waals surface area contributed by atoms with Crippen LogP contribution in [0.3, 0.4) is 0 Å². The molecule has 2 N–H and O–H groups in total. The molecule has 0 atom stereocenters. The van der Waals surface area contributed by atoms with Crippen LogP contribution in [0.25, 0.3) is 6.08 Å². The molecule has 8 heteroatoms. The van der Waals surface area contributed by atoms with Gasteiger partial charge in [0.05, 0.1) is 11.8 Å². The van der Waals surface area contributed by atoms with Crippen LogP contribution in [0.2, 0.25) is 0 Å². The van der Waals surface area contributed by atoms with Crippen LogP contribution in [-0.4, -0.2) is 48.1 Å². The molecule has 0 saturated carbocycles. The summed E-state index contributed by atoms with van der Waals surface area (Å²) in [6.07, 6.45) is 4.39. The Kier molecular flexibility index (Phi) is 9.07. The molecule has 154 valence electrons. The number of furan rings is 1. The highest BCUT2D eigenvalue weighted by Gasteiger charge is 2.09. The Morgan fingerprint density at radius 3 is 2.52 bits per heavy atom. The molecule has 0 unspecified atom stereocenters. The Bertz CT molecular complexity index is 828. The predicted octanol–water partition coefficient (Wildman–Crippen LogP) is 3.30. The lowest BCUT2D eigenvalue weighted by molar-refractivity contribution is -0.115. The highest BCUT2D eigenvalue weighted by Crippen LogP contribution is 2.11. The summed E-state index contributed by atoms with van der Waals surface area (Å²) in [5.74, 6) is -0.187. The second-order valence-electron chi connectivity index (χ2n) is 6.03. The fraction of sp³-hybridized carbons (Fsp3) is 0.286. The van der Waals surface area contributed by atoms with Crippen LogP contribution in [0.1, 0.15) is 30.0 Å². The fourth-order valence-electron chi connectivity index (χ4n) is 2.44. The van der Waals surface area contributed by atoms with E-state index < -0.39 is 0 Å². The van der Waals surface area contributed by atoms with Crippen molar-refractivity contribution in [3.8, 4) is 0 Å². The Morgan fingerprint density at radius 1 is 1.17 bits per heavy atom. The first kappa shape index (κ1) is 22.3. The predicted molar refractivity (Wildman–Crippen MR) is 117 cm³/mol. The van der Waals surface area contributed by atoms with Crippen molar-refractivity contribution in [2.45, 2.75) is 13.8 Å². The monoisotopic (exact) mass is 415 g/mol. The van der Waals surface area contributed by atoms with Crippen molar-refractivity contribution in [1.82, 2.24) is 10.2 Å². The lowest BCUT2D eigenvalue weighted by Crippen LogP contribution is -2.32. The molecule has 1 aromatic carbocycles. The summed E-state index contributed by atoms with van der Waals surface area (Å²) < 4.78 is 10.4. The molecule has 0 radical (unpaired) electrons. The lowest BCUT2D eigenvalue weighted by atomic mass is 10.2. The van der Waals surface area contributed by atoms with Gasteiger partial charge in [-0.1, -0.05) is 13.8 Å². The number of amides is 1. The molecule has 1 heterocycles. The summed E-state index contributed by atoms with van der Waals surface area (Å²) >= 11 is 5.12. The van der Waals surface area contributed by atoms with Crippen molar-refractivity contribution in [3.05, 3.63) is 60.1 Å². The third-order valence-electron chi connectivity index (χ3n) is 4.09. The molecular weight excluding hydrogens is 390 g/mol. The third kappa shape index (κ3) is 7.89. The molecule has 0 saturated heterocycles. The third-order valence-corrected chi connectivity index (χ3v) is 4.30. The molecule has 0 spiro atoms. The van der Waals surface area contributed by atoms with Gasteiger partial charge in [-0.05, 0) is 67.8 Å². The number of benzene rings is 1. The van der Waals surface area contributed by atoms with Gasteiger partial charge >= 0.3 is 5.97 Å². The minimum atomic E-state index is -0.382. The molecular formula is C21H25N3O4S. The lowest BCUT2D eigenvalue weighted by Gasteiger charge is -2.17. The van der Waals surface area contributed by atoms with Crippen LogP contribution in [0.15, 0.2) is 53.2 Å². The number of nitrogens with zero attached hydrogens (tertiary/aromatic N) is 1. The van der Waals surface area contributed by atoms with E-state index in [0.29, 0.717) is 30.2 Å². The van der Waals surface area contributed by atoms with E-state index in [-0.39, 0.29) is 17.0 Å². The smallest absolute Gasteiger partial charge is 0.338 e. The van der Waals surface area contributed by atoms with Crippen LogP contribution in [-0.2, 0) is 9.53 Å². The van der Waals surface area contributed by atoms with Crippen molar-refractivity contribution in [2.75, 3.05) is 31.6 Å². The van der Waals surface area contributed by atoms with Gasteiger partial charge < -0.3 is 19.4 Å². The Hall–Kier alpha value is -2.97. The SMILES string of the molecule is CCN(CC)CCOC(=O)c1ccc(NC(=S)NC(=O)C=Cc2ccco2)cc1. The molecule has 1 amide bonds. The molecule has 1 aromatic heterocycles. The number of rotatable bonds is 9. The molecule has 2 aromatic rings. The molecule has 0 aliphatic rings. The number of anilines is 1. The van der Waals surface area contributed by atoms with Crippen molar-refractivity contribution in [2.24, 2.45) is 0 Å². The first-order valence-electron chi connectivity index (χ1n) is 9.35. The van der Waals surface area contributed by atoms with E-state index in [9.17, 15) is 9.59 Å².